The number of amides is 1. The number of nitrogens with zero attached hydrogens (tertiary/aromatic N) is 1. The minimum atomic E-state index is -0.105. The van der Waals surface area contributed by atoms with Gasteiger partial charge in [-0.05, 0) is 48.7 Å². The minimum Gasteiger partial charge on any atom is -0.385 e. The third-order valence-electron chi connectivity index (χ3n) is 3.24. The predicted molar refractivity (Wildman–Crippen MR) is 75.4 cm³/mol. The number of rotatable bonds is 2. The van der Waals surface area contributed by atoms with Crippen LogP contribution in [0.25, 0.3) is 0 Å². The Balaban J connectivity index is 1.78. The first-order valence-electron chi connectivity index (χ1n) is 6.41. The van der Waals surface area contributed by atoms with Crippen LogP contribution < -0.4 is 10.6 Å². The molecule has 0 radical (unpaired) electrons. The fourth-order valence-electron chi connectivity index (χ4n) is 2.26. The molecule has 96 valence electrons. The van der Waals surface area contributed by atoms with Gasteiger partial charge in [0.2, 0.25) is 0 Å². The van der Waals surface area contributed by atoms with Gasteiger partial charge in [-0.15, -0.1) is 0 Å². The zero-order valence-electron chi connectivity index (χ0n) is 10.5. The maximum absolute atomic E-state index is 12.0. The summed E-state index contributed by atoms with van der Waals surface area (Å²) in [5, 5.41) is 6.27. The van der Waals surface area contributed by atoms with Gasteiger partial charge in [0.25, 0.3) is 5.91 Å². The van der Waals surface area contributed by atoms with Gasteiger partial charge in [0, 0.05) is 35.9 Å². The van der Waals surface area contributed by atoms with Gasteiger partial charge < -0.3 is 10.6 Å². The van der Waals surface area contributed by atoms with Crippen molar-refractivity contribution in [2.24, 2.45) is 0 Å². The number of benzene rings is 1. The predicted octanol–water partition coefficient (Wildman–Crippen LogP) is 2.69. The molecule has 2 N–H and O–H groups in total. The van der Waals surface area contributed by atoms with Crippen LogP contribution in [-0.4, -0.2) is 17.4 Å². The van der Waals surface area contributed by atoms with Crippen molar-refractivity contribution in [1.29, 1.82) is 0 Å². The highest BCUT2D eigenvalue weighted by Crippen LogP contribution is 2.25. The van der Waals surface area contributed by atoms with Crippen LogP contribution in [0.3, 0.4) is 0 Å². The number of pyridine rings is 1. The van der Waals surface area contributed by atoms with Crippen molar-refractivity contribution in [3.8, 4) is 0 Å². The summed E-state index contributed by atoms with van der Waals surface area (Å²) < 4.78 is 0. The molecular formula is C15H15N3O. The van der Waals surface area contributed by atoms with E-state index in [9.17, 15) is 4.79 Å². The monoisotopic (exact) mass is 253 g/mol. The number of carbonyl (C=O) groups excluding carboxylic acids is 1. The third kappa shape index (κ3) is 2.57. The molecule has 0 atom stereocenters. The van der Waals surface area contributed by atoms with E-state index in [4.69, 9.17) is 0 Å². The standard InChI is InChI=1S/C15H15N3O/c19-15(11-5-8-16-9-6-11)18-13-3-4-14-12(10-13)2-1-7-17-14/h3-6,8-10,17H,1-2,7H2,(H,18,19). The molecule has 1 aromatic carbocycles. The summed E-state index contributed by atoms with van der Waals surface area (Å²) in [6.07, 6.45) is 5.42. The number of aryl methyl sites for hydroxylation is 1. The van der Waals surface area contributed by atoms with Crippen LogP contribution in [0.4, 0.5) is 11.4 Å². The lowest BCUT2D eigenvalue weighted by Gasteiger charge is -2.18. The lowest BCUT2D eigenvalue weighted by atomic mass is 10.0. The minimum absolute atomic E-state index is 0.105. The van der Waals surface area contributed by atoms with E-state index in [1.807, 2.05) is 18.2 Å². The van der Waals surface area contributed by atoms with Crippen molar-refractivity contribution in [3.05, 3.63) is 53.9 Å². The zero-order valence-corrected chi connectivity index (χ0v) is 10.5. The summed E-state index contributed by atoms with van der Waals surface area (Å²) >= 11 is 0. The highest BCUT2D eigenvalue weighted by Gasteiger charge is 2.10. The number of aromatic nitrogens is 1. The average molecular weight is 253 g/mol. The summed E-state index contributed by atoms with van der Waals surface area (Å²) in [6, 6.07) is 9.40. The van der Waals surface area contributed by atoms with Crippen molar-refractivity contribution in [2.75, 3.05) is 17.2 Å². The lowest BCUT2D eigenvalue weighted by Crippen LogP contribution is -2.14. The lowest BCUT2D eigenvalue weighted by molar-refractivity contribution is 0.102. The second-order valence-corrected chi connectivity index (χ2v) is 4.59. The first kappa shape index (κ1) is 11.7. The van der Waals surface area contributed by atoms with Crippen molar-refractivity contribution in [2.45, 2.75) is 12.8 Å². The van der Waals surface area contributed by atoms with Crippen LogP contribution in [0.1, 0.15) is 22.3 Å². The number of nitrogens with one attached hydrogen (secondary N) is 2. The third-order valence-corrected chi connectivity index (χ3v) is 3.24. The molecule has 1 aliphatic heterocycles. The molecule has 0 bridgehead atoms. The van der Waals surface area contributed by atoms with Gasteiger partial charge >= 0.3 is 0 Å². The van der Waals surface area contributed by atoms with Crippen LogP contribution in [0.5, 0.6) is 0 Å². The summed E-state index contributed by atoms with van der Waals surface area (Å²) in [7, 11) is 0. The van der Waals surface area contributed by atoms with Gasteiger partial charge in [0.15, 0.2) is 0 Å². The Kier molecular flexibility index (Phi) is 3.14. The van der Waals surface area contributed by atoms with Crippen LogP contribution in [0, 0.1) is 0 Å². The highest BCUT2D eigenvalue weighted by molar-refractivity contribution is 6.04. The number of fused-ring (bicyclic) bond motifs is 1. The fourth-order valence-corrected chi connectivity index (χ4v) is 2.26. The van der Waals surface area contributed by atoms with Crippen molar-refractivity contribution in [3.63, 3.8) is 0 Å². The smallest absolute Gasteiger partial charge is 0.255 e. The first-order chi connectivity index (χ1) is 9.33. The van der Waals surface area contributed by atoms with Crippen LogP contribution in [0.2, 0.25) is 0 Å². The number of carbonyl (C=O) groups is 1. The number of anilines is 2. The summed E-state index contributed by atoms with van der Waals surface area (Å²) in [5.74, 6) is -0.105. The summed E-state index contributed by atoms with van der Waals surface area (Å²) in [4.78, 5) is 15.9. The Morgan fingerprint density at radius 1 is 1.21 bits per heavy atom. The van der Waals surface area contributed by atoms with Gasteiger partial charge in [-0.25, -0.2) is 0 Å². The number of hydrogen-bond acceptors (Lipinski definition) is 3. The molecule has 1 amide bonds. The molecule has 4 nitrogen and oxygen atoms in total. The number of hydrogen-bond donors (Lipinski definition) is 2. The van der Waals surface area contributed by atoms with E-state index >= 15 is 0 Å². The molecular weight excluding hydrogens is 238 g/mol. The van der Waals surface area contributed by atoms with E-state index in [1.165, 1.54) is 11.3 Å². The van der Waals surface area contributed by atoms with Gasteiger partial charge in [0.05, 0.1) is 0 Å². The molecule has 1 aromatic heterocycles. The van der Waals surface area contributed by atoms with Gasteiger partial charge in [-0.3, -0.25) is 9.78 Å². The second kappa shape index (κ2) is 5.10. The molecule has 0 saturated heterocycles. The van der Waals surface area contributed by atoms with Crippen LogP contribution >= 0.6 is 0 Å². The molecule has 0 aliphatic carbocycles. The Labute approximate surface area is 111 Å². The topological polar surface area (TPSA) is 54.0 Å². The molecule has 1 aliphatic rings. The quantitative estimate of drug-likeness (QED) is 0.865. The van der Waals surface area contributed by atoms with Crippen molar-refractivity contribution in [1.82, 2.24) is 4.98 Å². The van der Waals surface area contributed by atoms with E-state index in [-0.39, 0.29) is 5.91 Å². The van der Waals surface area contributed by atoms with E-state index in [0.29, 0.717) is 5.56 Å². The normalized spacial score (nSPS) is 13.3. The Morgan fingerprint density at radius 2 is 2.05 bits per heavy atom. The molecule has 4 heteroatoms. The largest absolute Gasteiger partial charge is 0.385 e. The molecule has 19 heavy (non-hydrogen) atoms. The Bertz CT molecular complexity index is 596. The van der Waals surface area contributed by atoms with E-state index < -0.39 is 0 Å². The summed E-state index contributed by atoms with van der Waals surface area (Å²) in [6.45, 7) is 1.02. The Morgan fingerprint density at radius 3 is 2.89 bits per heavy atom. The Hall–Kier alpha value is -2.36. The average Bonchev–Trinajstić information content (AvgIpc) is 2.48. The molecule has 2 heterocycles. The first-order valence-corrected chi connectivity index (χ1v) is 6.41. The molecule has 0 saturated carbocycles. The summed E-state index contributed by atoms with van der Waals surface area (Å²) in [5.41, 5.74) is 3.89. The second-order valence-electron chi connectivity index (χ2n) is 4.59. The van der Waals surface area contributed by atoms with Crippen molar-refractivity contribution >= 4 is 17.3 Å². The van der Waals surface area contributed by atoms with Gasteiger partial charge in [-0.2, -0.15) is 0 Å². The van der Waals surface area contributed by atoms with Crippen LogP contribution in [-0.2, 0) is 6.42 Å². The van der Waals surface area contributed by atoms with Crippen molar-refractivity contribution < 1.29 is 4.79 Å². The maximum atomic E-state index is 12.0. The molecule has 0 fully saturated rings. The fraction of sp³-hybridized carbons (Fsp3) is 0.200. The highest BCUT2D eigenvalue weighted by atomic mass is 16.1. The zero-order chi connectivity index (χ0) is 13.1. The van der Waals surface area contributed by atoms with E-state index in [1.54, 1.807) is 24.5 Å². The maximum Gasteiger partial charge on any atom is 0.255 e. The molecule has 0 unspecified atom stereocenters. The van der Waals surface area contributed by atoms with E-state index in [2.05, 4.69) is 15.6 Å². The van der Waals surface area contributed by atoms with Gasteiger partial charge in [-0.1, -0.05) is 0 Å². The van der Waals surface area contributed by atoms with Gasteiger partial charge in [0.1, 0.15) is 0 Å². The SMILES string of the molecule is O=C(Nc1ccc2c(c1)CCCN2)c1ccncc1. The molecule has 0 spiro atoms. The van der Waals surface area contributed by atoms with Crippen LogP contribution in [0.15, 0.2) is 42.7 Å². The van der Waals surface area contributed by atoms with E-state index in [0.717, 1.165) is 25.1 Å². The molecule has 3 rings (SSSR count). The molecule has 2 aromatic rings.